The van der Waals surface area contributed by atoms with Crippen LogP contribution in [0, 0.1) is 11.2 Å². The summed E-state index contributed by atoms with van der Waals surface area (Å²) in [5.41, 5.74) is 7.97. The fourth-order valence-electron chi connectivity index (χ4n) is 3.10. The summed E-state index contributed by atoms with van der Waals surface area (Å²) >= 11 is 0. The largest absolute Gasteiger partial charge is 0.380 e. The predicted molar refractivity (Wildman–Crippen MR) is 120 cm³/mol. The van der Waals surface area contributed by atoms with Crippen LogP contribution in [-0.4, -0.2) is 21.8 Å². The molecule has 32 heavy (non-hydrogen) atoms. The number of hydrogen-bond acceptors (Lipinski definition) is 6. The monoisotopic (exact) mass is 434 g/mol. The Balaban J connectivity index is 1.45. The molecular formula is C23H23FN6O2. The Labute approximate surface area is 184 Å². The number of primary amides is 1. The first-order valence-electron chi connectivity index (χ1n) is 10.1. The van der Waals surface area contributed by atoms with Crippen molar-refractivity contribution in [2.24, 2.45) is 11.1 Å². The van der Waals surface area contributed by atoms with E-state index < -0.39 is 11.7 Å². The zero-order chi connectivity index (χ0) is 22.7. The van der Waals surface area contributed by atoms with E-state index in [1.54, 1.807) is 18.2 Å². The van der Waals surface area contributed by atoms with Crippen LogP contribution in [0.2, 0.25) is 0 Å². The lowest BCUT2D eigenvalue weighted by Gasteiger charge is -2.13. The minimum atomic E-state index is -0.631. The average Bonchev–Trinajstić information content (AvgIpc) is 3.52. The van der Waals surface area contributed by atoms with Crippen LogP contribution in [0.1, 0.15) is 35.7 Å². The average molecular weight is 434 g/mol. The second-order valence-electron chi connectivity index (χ2n) is 8.06. The molecule has 1 aliphatic rings. The fraction of sp³-hybridized carbons (Fsp3) is 0.217. The maximum Gasteiger partial charge on any atom is 0.252 e. The SMILES string of the molecule is CC1(C(=O)Nc2ccc(Nc3cc(NCc4cncc(F)c4)c(C(N)=O)cn3)cc2)CC1. The summed E-state index contributed by atoms with van der Waals surface area (Å²) in [5, 5.41) is 9.16. The predicted octanol–water partition coefficient (Wildman–Crippen LogP) is 3.81. The quantitative estimate of drug-likeness (QED) is 0.428. The number of aromatic nitrogens is 2. The van der Waals surface area contributed by atoms with Crippen molar-refractivity contribution in [2.75, 3.05) is 16.0 Å². The zero-order valence-electron chi connectivity index (χ0n) is 17.5. The lowest BCUT2D eigenvalue weighted by atomic mass is 10.1. The van der Waals surface area contributed by atoms with Gasteiger partial charge >= 0.3 is 0 Å². The van der Waals surface area contributed by atoms with E-state index >= 15 is 0 Å². The molecule has 0 atom stereocenters. The van der Waals surface area contributed by atoms with Crippen LogP contribution in [0.25, 0.3) is 0 Å². The Bertz CT molecular complexity index is 1160. The lowest BCUT2D eigenvalue weighted by Crippen LogP contribution is -2.21. The van der Waals surface area contributed by atoms with Gasteiger partial charge in [0.05, 0.1) is 17.4 Å². The number of pyridine rings is 2. The summed E-state index contributed by atoms with van der Waals surface area (Å²) < 4.78 is 13.4. The van der Waals surface area contributed by atoms with Gasteiger partial charge in [-0.15, -0.1) is 0 Å². The highest BCUT2D eigenvalue weighted by atomic mass is 19.1. The molecule has 2 heterocycles. The third kappa shape index (κ3) is 5.00. The van der Waals surface area contributed by atoms with Crippen molar-refractivity contribution < 1.29 is 14.0 Å². The van der Waals surface area contributed by atoms with Crippen molar-refractivity contribution in [1.82, 2.24) is 9.97 Å². The first-order valence-corrected chi connectivity index (χ1v) is 10.1. The van der Waals surface area contributed by atoms with Crippen LogP contribution >= 0.6 is 0 Å². The number of nitrogens with zero attached hydrogens (tertiary/aromatic N) is 2. The number of benzene rings is 1. The zero-order valence-corrected chi connectivity index (χ0v) is 17.5. The summed E-state index contributed by atoms with van der Waals surface area (Å²) in [6.07, 6.45) is 5.86. The second-order valence-corrected chi connectivity index (χ2v) is 8.06. The first-order chi connectivity index (χ1) is 15.3. The van der Waals surface area contributed by atoms with Crippen molar-refractivity contribution >= 4 is 34.7 Å². The summed E-state index contributed by atoms with van der Waals surface area (Å²) in [6, 6.07) is 10.3. The molecule has 0 radical (unpaired) electrons. The molecule has 1 saturated carbocycles. The normalized spacial score (nSPS) is 13.8. The van der Waals surface area contributed by atoms with Gasteiger partial charge in [-0.1, -0.05) is 6.92 Å². The van der Waals surface area contributed by atoms with Gasteiger partial charge in [0.1, 0.15) is 11.6 Å². The molecule has 9 heteroatoms. The van der Waals surface area contributed by atoms with Crippen LogP contribution in [0.5, 0.6) is 0 Å². The number of carbonyl (C=O) groups is 2. The van der Waals surface area contributed by atoms with Crippen LogP contribution in [0.4, 0.5) is 27.3 Å². The molecule has 4 rings (SSSR count). The molecule has 1 fully saturated rings. The van der Waals surface area contributed by atoms with Gasteiger partial charge in [0, 0.05) is 41.8 Å². The summed E-state index contributed by atoms with van der Waals surface area (Å²) in [7, 11) is 0. The molecule has 0 spiro atoms. The molecule has 0 unspecified atom stereocenters. The van der Waals surface area contributed by atoms with Crippen molar-refractivity contribution in [1.29, 1.82) is 0 Å². The van der Waals surface area contributed by atoms with Gasteiger partial charge in [-0.05, 0) is 48.7 Å². The Hall–Kier alpha value is -4.01. The van der Waals surface area contributed by atoms with Crippen LogP contribution in [-0.2, 0) is 11.3 Å². The Morgan fingerprint density at radius 1 is 1.09 bits per heavy atom. The lowest BCUT2D eigenvalue weighted by molar-refractivity contribution is -0.120. The van der Waals surface area contributed by atoms with Crippen molar-refractivity contribution in [2.45, 2.75) is 26.3 Å². The Morgan fingerprint density at radius 2 is 1.81 bits per heavy atom. The minimum Gasteiger partial charge on any atom is -0.380 e. The molecule has 1 aromatic carbocycles. The molecule has 0 aliphatic heterocycles. The topological polar surface area (TPSA) is 122 Å². The summed E-state index contributed by atoms with van der Waals surface area (Å²) in [5.74, 6) is -0.556. The minimum absolute atomic E-state index is 0.0335. The van der Waals surface area contributed by atoms with E-state index in [-0.39, 0.29) is 23.4 Å². The van der Waals surface area contributed by atoms with Gasteiger partial charge in [-0.2, -0.15) is 0 Å². The van der Waals surface area contributed by atoms with Gasteiger partial charge in [-0.3, -0.25) is 14.6 Å². The standard InChI is InChI=1S/C23H23FN6O2/c1-23(6-7-23)22(32)30-17-4-2-16(3-5-17)29-20-9-19(18(13-28-20)21(25)31)27-11-14-8-15(24)12-26-10-14/h2-5,8-10,12-13H,6-7,11H2,1H3,(H2,25,31)(H,30,32)(H2,27,28,29). The number of amides is 2. The van der Waals surface area contributed by atoms with Crippen LogP contribution < -0.4 is 21.7 Å². The third-order valence-electron chi connectivity index (χ3n) is 5.38. The van der Waals surface area contributed by atoms with Crippen LogP contribution in [0.3, 0.4) is 0 Å². The highest BCUT2D eigenvalue weighted by Crippen LogP contribution is 2.45. The van der Waals surface area contributed by atoms with E-state index in [1.165, 1.54) is 18.5 Å². The first kappa shape index (κ1) is 21.2. The molecular weight excluding hydrogens is 411 g/mol. The highest BCUT2D eigenvalue weighted by molar-refractivity contribution is 5.99. The van der Waals surface area contributed by atoms with Gasteiger partial charge < -0.3 is 21.7 Å². The van der Waals surface area contributed by atoms with Gasteiger partial charge in [0.25, 0.3) is 5.91 Å². The van der Waals surface area contributed by atoms with Gasteiger partial charge in [0.15, 0.2) is 0 Å². The molecule has 2 amide bonds. The maximum atomic E-state index is 13.4. The summed E-state index contributed by atoms with van der Waals surface area (Å²) in [4.78, 5) is 32.0. The van der Waals surface area contributed by atoms with Crippen molar-refractivity contribution in [3.63, 3.8) is 0 Å². The van der Waals surface area contributed by atoms with E-state index in [0.29, 0.717) is 17.1 Å². The van der Waals surface area contributed by atoms with Crippen molar-refractivity contribution in [3.8, 4) is 0 Å². The fourth-order valence-corrected chi connectivity index (χ4v) is 3.10. The Morgan fingerprint density at radius 3 is 2.47 bits per heavy atom. The summed E-state index contributed by atoms with van der Waals surface area (Å²) in [6.45, 7) is 2.21. The molecule has 2 aromatic heterocycles. The number of carbonyl (C=O) groups excluding carboxylic acids is 2. The molecule has 8 nitrogen and oxygen atoms in total. The molecule has 0 saturated heterocycles. The molecule has 3 aromatic rings. The number of nitrogens with one attached hydrogen (secondary N) is 3. The molecule has 5 N–H and O–H groups in total. The number of nitrogens with two attached hydrogens (primary N) is 1. The number of halogens is 1. The third-order valence-corrected chi connectivity index (χ3v) is 5.38. The van der Waals surface area contributed by atoms with E-state index in [9.17, 15) is 14.0 Å². The molecule has 0 bridgehead atoms. The van der Waals surface area contributed by atoms with E-state index in [4.69, 9.17) is 5.73 Å². The smallest absolute Gasteiger partial charge is 0.252 e. The second kappa shape index (κ2) is 8.62. The molecule has 1 aliphatic carbocycles. The molecule has 164 valence electrons. The van der Waals surface area contributed by atoms with Crippen LogP contribution in [0.15, 0.2) is 55.0 Å². The van der Waals surface area contributed by atoms with E-state index in [2.05, 4.69) is 25.9 Å². The van der Waals surface area contributed by atoms with Gasteiger partial charge in [-0.25, -0.2) is 9.37 Å². The van der Waals surface area contributed by atoms with Crippen molar-refractivity contribution in [3.05, 3.63) is 71.9 Å². The maximum absolute atomic E-state index is 13.4. The van der Waals surface area contributed by atoms with E-state index in [1.807, 2.05) is 19.1 Å². The highest BCUT2D eigenvalue weighted by Gasteiger charge is 2.44. The Kier molecular flexibility index (Phi) is 5.72. The number of anilines is 4. The van der Waals surface area contributed by atoms with E-state index in [0.717, 1.165) is 30.4 Å². The van der Waals surface area contributed by atoms with Gasteiger partial charge in [0.2, 0.25) is 5.91 Å². The number of rotatable bonds is 8. The number of hydrogen-bond donors (Lipinski definition) is 4.